The first-order valence-electron chi connectivity index (χ1n) is 6.42. The number of nitrogen functional groups attached to an aromatic ring is 1. The number of benzene rings is 1. The average Bonchev–Trinajstić information content (AvgIpc) is 2.32. The Morgan fingerprint density at radius 3 is 2.94 bits per heavy atom. The molecule has 3 N–H and O–H groups in total. The van der Waals surface area contributed by atoms with E-state index < -0.39 is 0 Å². The lowest BCUT2D eigenvalue weighted by atomic mass is 9.87. The monoisotopic (exact) mass is 266 g/mol. The van der Waals surface area contributed by atoms with Crippen LogP contribution in [0, 0.1) is 5.92 Å². The van der Waals surface area contributed by atoms with E-state index >= 15 is 0 Å². The number of amides is 1. The molecule has 1 fully saturated rings. The summed E-state index contributed by atoms with van der Waals surface area (Å²) in [6.07, 6.45) is 4.53. The third kappa shape index (κ3) is 3.16. The van der Waals surface area contributed by atoms with E-state index in [1.807, 2.05) is 0 Å². The van der Waals surface area contributed by atoms with Gasteiger partial charge in [0.2, 0.25) is 0 Å². The zero-order chi connectivity index (χ0) is 13.1. The minimum atomic E-state index is -0.117. The fraction of sp³-hybridized carbons (Fsp3) is 0.500. The molecule has 1 aromatic carbocycles. The van der Waals surface area contributed by atoms with Gasteiger partial charge in [-0.05, 0) is 37.0 Å². The van der Waals surface area contributed by atoms with Crippen molar-refractivity contribution in [1.29, 1.82) is 0 Å². The molecule has 4 heteroatoms. The molecule has 1 aliphatic carbocycles. The number of hydrogen-bond donors (Lipinski definition) is 2. The van der Waals surface area contributed by atoms with E-state index in [4.69, 9.17) is 17.3 Å². The van der Waals surface area contributed by atoms with Crippen LogP contribution in [0.15, 0.2) is 18.2 Å². The molecule has 1 amide bonds. The maximum Gasteiger partial charge on any atom is 0.253 e. The number of carbonyl (C=O) groups is 1. The van der Waals surface area contributed by atoms with Gasteiger partial charge in [0.25, 0.3) is 5.91 Å². The molecule has 2 atom stereocenters. The van der Waals surface area contributed by atoms with Crippen LogP contribution in [-0.2, 0) is 0 Å². The second-order valence-electron chi connectivity index (χ2n) is 5.17. The molecule has 0 unspecified atom stereocenters. The van der Waals surface area contributed by atoms with Crippen molar-refractivity contribution in [1.82, 2.24) is 5.32 Å². The SMILES string of the molecule is C[C@H]1CCC[C@H](NC(=O)c2cc(Cl)ccc2N)C1. The third-order valence-corrected chi connectivity index (χ3v) is 3.77. The predicted octanol–water partition coefficient (Wildman–Crippen LogP) is 3.23. The van der Waals surface area contributed by atoms with Crippen molar-refractivity contribution in [3.05, 3.63) is 28.8 Å². The highest BCUT2D eigenvalue weighted by atomic mass is 35.5. The Hall–Kier alpha value is -1.22. The first kappa shape index (κ1) is 13.2. The number of anilines is 1. The minimum Gasteiger partial charge on any atom is -0.398 e. The zero-order valence-electron chi connectivity index (χ0n) is 10.6. The summed E-state index contributed by atoms with van der Waals surface area (Å²) in [7, 11) is 0. The van der Waals surface area contributed by atoms with Crippen LogP contribution in [0.4, 0.5) is 5.69 Å². The van der Waals surface area contributed by atoms with Gasteiger partial charge in [0.15, 0.2) is 0 Å². The molecule has 0 saturated heterocycles. The summed E-state index contributed by atoms with van der Waals surface area (Å²) in [6, 6.07) is 5.25. The van der Waals surface area contributed by atoms with Crippen LogP contribution in [0.1, 0.15) is 43.0 Å². The highest BCUT2D eigenvalue weighted by Crippen LogP contribution is 2.24. The van der Waals surface area contributed by atoms with E-state index in [-0.39, 0.29) is 11.9 Å². The molecular weight excluding hydrogens is 248 g/mol. The van der Waals surface area contributed by atoms with Gasteiger partial charge in [-0.15, -0.1) is 0 Å². The van der Waals surface area contributed by atoms with Crippen LogP contribution in [0.25, 0.3) is 0 Å². The molecule has 0 radical (unpaired) electrons. The second kappa shape index (κ2) is 5.61. The topological polar surface area (TPSA) is 55.1 Å². The van der Waals surface area contributed by atoms with Crippen molar-refractivity contribution in [2.75, 3.05) is 5.73 Å². The van der Waals surface area contributed by atoms with Crippen LogP contribution < -0.4 is 11.1 Å². The van der Waals surface area contributed by atoms with Crippen LogP contribution in [0.2, 0.25) is 5.02 Å². The van der Waals surface area contributed by atoms with E-state index in [0.29, 0.717) is 22.2 Å². The molecule has 0 bridgehead atoms. The van der Waals surface area contributed by atoms with Crippen molar-refractivity contribution in [2.24, 2.45) is 5.92 Å². The highest BCUT2D eigenvalue weighted by molar-refractivity contribution is 6.31. The van der Waals surface area contributed by atoms with Gasteiger partial charge in [-0.1, -0.05) is 31.4 Å². The molecule has 98 valence electrons. The van der Waals surface area contributed by atoms with E-state index in [0.717, 1.165) is 12.8 Å². The lowest BCUT2D eigenvalue weighted by molar-refractivity contribution is 0.0922. The molecule has 3 nitrogen and oxygen atoms in total. The van der Waals surface area contributed by atoms with E-state index in [1.165, 1.54) is 12.8 Å². The van der Waals surface area contributed by atoms with Gasteiger partial charge in [-0.2, -0.15) is 0 Å². The molecular formula is C14H19ClN2O. The molecule has 2 rings (SSSR count). The largest absolute Gasteiger partial charge is 0.398 e. The van der Waals surface area contributed by atoms with Crippen LogP contribution in [0.3, 0.4) is 0 Å². The summed E-state index contributed by atoms with van der Waals surface area (Å²) in [5.74, 6) is 0.565. The molecule has 1 saturated carbocycles. The fourth-order valence-electron chi connectivity index (χ4n) is 2.55. The summed E-state index contributed by atoms with van der Waals surface area (Å²) < 4.78 is 0. The predicted molar refractivity (Wildman–Crippen MR) is 74.8 cm³/mol. The van der Waals surface area contributed by atoms with Crippen molar-refractivity contribution >= 4 is 23.2 Å². The quantitative estimate of drug-likeness (QED) is 0.808. The van der Waals surface area contributed by atoms with Crippen molar-refractivity contribution in [3.8, 4) is 0 Å². The maximum atomic E-state index is 12.1. The second-order valence-corrected chi connectivity index (χ2v) is 5.61. The highest BCUT2D eigenvalue weighted by Gasteiger charge is 2.21. The smallest absolute Gasteiger partial charge is 0.253 e. The number of nitrogens with two attached hydrogens (primary N) is 1. The summed E-state index contributed by atoms with van der Waals surface area (Å²) in [5.41, 5.74) is 6.75. The Balaban J connectivity index is 2.05. The van der Waals surface area contributed by atoms with Gasteiger partial charge in [0, 0.05) is 16.8 Å². The van der Waals surface area contributed by atoms with Gasteiger partial charge in [0.05, 0.1) is 5.56 Å². The molecule has 1 aromatic rings. The van der Waals surface area contributed by atoms with Crippen molar-refractivity contribution in [3.63, 3.8) is 0 Å². The standard InChI is InChI=1S/C14H19ClN2O/c1-9-3-2-4-11(7-9)17-14(18)12-8-10(15)5-6-13(12)16/h5-6,8-9,11H,2-4,7,16H2,1H3,(H,17,18)/t9-,11-/m0/s1. The Labute approximate surface area is 113 Å². The number of rotatable bonds is 2. The molecule has 0 heterocycles. The van der Waals surface area contributed by atoms with Crippen LogP contribution in [0.5, 0.6) is 0 Å². The normalized spacial score (nSPS) is 23.7. The summed E-state index contributed by atoms with van der Waals surface area (Å²) >= 11 is 5.89. The number of hydrogen-bond acceptors (Lipinski definition) is 2. The van der Waals surface area contributed by atoms with Crippen molar-refractivity contribution < 1.29 is 4.79 Å². The molecule has 0 spiro atoms. The Morgan fingerprint density at radius 2 is 2.22 bits per heavy atom. The van der Waals surface area contributed by atoms with Gasteiger partial charge in [0.1, 0.15) is 0 Å². The van der Waals surface area contributed by atoms with Crippen molar-refractivity contribution in [2.45, 2.75) is 38.6 Å². The van der Waals surface area contributed by atoms with Gasteiger partial charge in [-0.3, -0.25) is 4.79 Å². The first-order chi connectivity index (χ1) is 8.56. The maximum absolute atomic E-state index is 12.1. The summed E-state index contributed by atoms with van der Waals surface area (Å²) in [6.45, 7) is 2.23. The Kier molecular flexibility index (Phi) is 4.12. The summed E-state index contributed by atoms with van der Waals surface area (Å²) in [4.78, 5) is 12.1. The first-order valence-corrected chi connectivity index (χ1v) is 6.80. The molecule has 18 heavy (non-hydrogen) atoms. The minimum absolute atomic E-state index is 0.117. The van der Waals surface area contributed by atoms with Gasteiger partial charge < -0.3 is 11.1 Å². The van der Waals surface area contributed by atoms with E-state index in [1.54, 1.807) is 18.2 Å². The molecule has 1 aliphatic rings. The molecule has 0 aromatic heterocycles. The number of carbonyl (C=O) groups excluding carboxylic acids is 1. The van der Waals surface area contributed by atoms with Gasteiger partial charge in [-0.25, -0.2) is 0 Å². The average molecular weight is 267 g/mol. The Morgan fingerprint density at radius 1 is 1.44 bits per heavy atom. The molecule has 0 aliphatic heterocycles. The number of halogens is 1. The van der Waals surface area contributed by atoms with Crippen LogP contribution >= 0.6 is 11.6 Å². The Bertz CT molecular complexity index is 447. The zero-order valence-corrected chi connectivity index (χ0v) is 11.3. The number of nitrogens with one attached hydrogen (secondary N) is 1. The van der Waals surface area contributed by atoms with E-state index in [9.17, 15) is 4.79 Å². The van der Waals surface area contributed by atoms with E-state index in [2.05, 4.69) is 12.2 Å². The summed E-state index contributed by atoms with van der Waals surface area (Å²) in [5, 5.41) is 3.59. The van der Waals surface area contributed by atoms with Gasteiger partial charge >= 0.3 is 0 Å². The lowest BCUT2D eigenvalue weighted by Crippen LogP contribution is -2.38. The lowest BCUT2D eigenvalue weighted by Gasteiger charge is -2.27. The fourth-order valence-corrected chi connectivity index (χ4v) is 2.73. The van der Waals surface area contributed by atoms with Crippen LogP contribution in [-0.4, -0.2) is 11.9 Å². The third-order valence-electron chi connectivity index (χ3n) is 3.53.